The van der Waals surface area contributed by atoms with Crippen LogP contribution in [0, 0.1) is 0 Å². The number of unbranched alkanes of at least 4 members (excludes halogenated alkanes) is 1. The summed E-state index contributed by atoms with van der Waals surface area (Å²) in [5.74, 6) is 0.533. The van der Waals surface area contributed by atoms with Crippen molar-refractivity contribution in [2.24, 2.45) is 0 Å². The van der Waals surface area contributed by atoms with Crippen molar-refractivity contribution in [2.45, 2.75) is 45.4 Å². The molecule has 3 rings (SSSR count). The molecule has 0 aliphatic carbocycles. The van der Waals surface area contributed by atoms with Crippen LogP contribution < -0.4 is 4.90 Å². The first-order valence-corrected chi connectivity index (χ1v) is 10.6. The first-order chi connectivity index (χ1) is 12.7. The van der Waals surface area contributed by atoms with Crippen molar-refractivity contribution in [3.63, 3.8) is 0 Å². The van der Waals surface area contributed by atoms with Crippen LogP contribution in [0.15, 0.2) is 35.8 Å². The quantitative estimate of drug-likeness (QED) is 0.702. The summed E-state index contributed by atoms with van der Waals surface area (Å²) in [5, 5.41) is 3.18. The minimum atomic E-state index is 0.148. The standard InChI is InChI=1S/C21H29N3OS/c1-3-5-13-23(4-2)19-10-8-17(9-11-19)21(25)24-14-6-7-18(16-24)20-22-12-15-26-20/h8-12,15,18H,3-7,13-14,16H2,1-2H3. The van der Waals surface area contributed by atoms with E-state index >= 15 is 0 Å². The fourth-order valence-electron chi connectivity index (χ4n) is 3.62. The summed E-state index contributed by atoms with van der Waals surface area (Å²) >= 11 is 1.70. The Labute approximate surface area is 160 Å². The molecule has 5 heteroatoms. The molecule has 140 valence electrons. The lowest BCUT2D eigenvalue weighted by molar-refractivity contribution is 0.0707. The SMILES string of the molecule is CCCCN(CC)c1ccc(C(=O)N2CCCC(c3nccs3)C2)cc1. The second kappa shape index (κ2) is 9.17. The van der Waals surface area contributed by atoms with Crippen molar-refractivity contribution in [3.8, 4) is 0 Å². The first-order valence-electron chi connectivity index (χ1n) is 9.76. The Morgan fingerprint density at radius 3 is 2.77 bits per heavy atom. The lowest BCUT2D eigenvalue weighted by Gasteiger charge is -2.32. The highest BCUT2D eigenvalue weighted by Crippen LogP contribution is 2.29. The normalized spacial score (nSPS) is 17.3. The first kappa shape index (κ1) is 18.9. The third-order valence-electron chi connectivity index (χ3n) is 5.15. The third-order valence-corrected chi connectivity index (χ3v) is 6.09. The van der Waals surface area contributed by atoms with Crippen LogP contribution in [-0.4, -0.2) is 42.0 Å². The Morgan fingerprint density at radius 2 is 2.12 bits per heavy atom. The number of nitrogens with zero attached hydrogens (tertiary/aromatic N) is 3. The average molecular weight is 372 g/mol. The van der Waals surface area contributed by atoms with Crippen LogP contribution in [0.2, 0.25) is 0 Å². The van der Waals surface area contributed by atoms with Crippen LogP contribution in [0.1, 0.15) is 60.8 Å². The number of hydrogen-bond acceptors (Lipinski definition) is 4. The molecule has 0 bridgehead atoms. The summed E-state index contributed by atoms with van der Waals surface area (Å²) < 4.78 is 0. The summed E-state index contributed by atoms with van der Waals surface area (Å²) in [6.45, 7) is 8.09. The van der Waals surface area contributed by atoms with Crippen molar-refractivity contribution in [2.75, 3.05) is 31.1 Å². The molecule has 2 heterocycles. The van der Waals surface area contributed by atoms with Gasteiger partial charge in [-0.25, -0.2) is 4.98 Å². The molecule has 1 aliphatic heterocycles. The minimum Gasteiger partial charge on any atom is -0.372 e. The molecule has 0 N–H and O–H groups in total. The van der Waals surface area contributed by atoms with Gasteiger partial charge in [-0.05, 0) is 50.5 Å². The third kappa shape index (κ3) is 4.44. The predicted octanol–water partition coefficient (Wildman–Crippen LogP) is 4.79. The number of carbonyl (C=O) groups excluding carboxylic acids is 1. The van der Waals surface area contributed by atoms with Gasteiger partial charge < -0.3 is 9.80 Å². The summed E-state index contributed by atoms with van der Waals surface area (Å²) in [4.78, 5) is 21.8. The highest BCUT2D eigenvalue weighted by atomic mass is 32.1. The van der Waals surface area contributed by atoms with E-state index in [2.05, 4.69) is 35.9 Å². The van der Waals surface area contributed by atoms with E-state index in [1.54, 1.807) is 11.3 Å². The molecule has 2 aromatic rings. The number of amides is 1. The molecular weight excluding hydrogens is 342 g/mol. The molecule has 0 radical (unpaired) electrons. The van der Waals surface area contributed by atoms with Gasteiger partial charge in [-0.1, -0.05) is 13.3 Å². The summed E-state index contributed by atoms with van der Waals surface area (Å²) in [6, 6.07) is 8.15. The molecular formula is C21H29N3OS. The van der Waals surface area contributed by atoms with Crippen molar-refractivity contribution >= 4 is 22.9 Å². The van der Waals surface area contributed by atoms with Crippen molar-refractivity contribution in [1.29, 1.82) is 0 Å². The van der Waals surface area contributed by atoms with E-state index in [1.807, 2.05) is 28.6 Å². The van der Waals surface area contributed by atoms with Gasteiger partial charge in [-0.2, -0.15) is 0 Å². The zero-order valence-electron chi connectivity index (χ0n) is 15.9. The zero-order chi connectivity index (χ0) is 18.4. The van der Waals surface area contributed by atoms with Crippen molar-refractivity contribution in [1.82, 2.24) is 9.88 Å². The van der Waals surface area contributed by atoms with E-state index in [1.165, 1.54) is 18.5 Å². The highest BCUT2D eigenvalue weighted by molar-refractivity contribution is 7.09. The molecule has 1 aliphatic rings. The number of benzene rings is 1. The fraction of sp³-hybridized carbons (Fsp3) is 0.524. The Balaban J connectivity index is 1.65. The van der Waals surface area contributed by atoms with Crippen molar-refractivity contribution in [3.05, 3.63) is 46.4 Å². The number of carbonyl (C=O) groups is 1. The van der Waals surface area contributed by atoms with Gasteiger partial charge in [0.05, 0.1) is 5.01 Å². The van der Waals surface area contributed by atoms with E-state index < -0.39 is 0 Å². The van der Waals surface area contributed by atoms with Gasteiger partial charge in [0.1, 0.15) is 0 Å². The molecule has 0 spiro atoms. The Hall–Kier alpha value is -1.88. The molecule has 1 unspecified atom stereocenters. The van der Waals surface area contributed by atoms with Crippen LogP contribution in [0.4, 0.5) is 5.69 Å². The predicted molar refractivity (Wildman–Crippen MR) is 109 cm³/mol. The molecule has 1 aromatic carbocycles. The number of likely N-dealkylation sites (tertiary alicyclic amines) is 1. The second-order valence-corrected chi connectivity index (χ2v) is 7.87. The lowest BCUT2D eigenvalue weighted by atomic mass is 9.98. The highest BCUT2D eigenvalue weighted by Gasteiger charge is 2.26. The molecule has 1 aromatic heterocycles. The second-order valence-electron chi connectivity index (χ2n) is 6.94. The Kier molecular flexibility index (Phi) is 6.67. The summed E-state index contributed by atoms with van der Waals surface area (Å²) in [7, 11) is 0. The molecule has 1 fully saturated rings. The molecule has 4 nitrogen and oxygen atoms in total. The number of thiazole rings is 1. The van der Waals surface area contributed by atoms with Crippen LogP contribution in [0.25, 0.3) is 0 Å². The molecule has 26 heavy (non-hydrogen) atoms. The van der Waals surface area contributed by atoms with E-state index in [4.69, 9.17) is 0 Å². The largest absolute Gasteiger partial charge is 0.372 e. The van der Waals surface area contributed by atoms with E-state index in [9.17, 15) is 4.79 Å². The summed E-state index contributed by atoms with van der Waals surface area (Å²) in [6.07, 6.45) is 6.42. The Bertz CT molecular complexity index is 684. The monoisotopic (exact) mass is 371 g/mol. The average Bonchev–Trinajstić information content (AvgIpc) is 3.23. The van der Waals surface area contributed by atoms with Crippen molar-refractivity contribution < 1.29 is 4.79 Å². The maximum atomic E-state index is 12.9. The van der Waals surface area contributed by atoms with Crippen LogP contribution >= 0.6 is 11.3 Å². The number of anilines is 1. The maximum absolute atomic E-state index is 12.9. The molecule has 1 amide bonds. The lowest BCUT2D eigenvalue weighted by Crippen LogP contribution is -2.39. The number of piperidine rings is 1. The summed E-state index contributed by atoms with van der Waals surface area (Å²) in [5.41, 5.74) is 2.00. The molecule has 1 saturated heterocycles. The van der Waals surface area contributed by atoms with E-state index in [0.29, 0.717) is 5.92 Å². The van der Waals surface area contributed by atoms with Crippen LogP contribution in [-0.2, 0) is 0 Å². The number of hydrogen-bond donors (Lipinski definition) is 0. The Morgan fingerprint density at radius 1 is 1.31 bits per heavy atom. The van der Waals surface area contributed by atoms with Crippen LogP contribution in [0.5, 0.6) is 0 Å². The van der Waals surface area contributed by atoms with Gasteiger partial charge >= 0.3 is 0 Å². The van der Waals surface area contributed by atoms with Gasteiger partial charge in [-0.3, -0.25) is 4.79 Å². The van der Waals surface area contributed by atoms with E-state index in [0.717, 1.165) is 49.6 Å². The molecule has 0 saturated carbocycles. The van der Waals surface area contributed by atoms with Gasteiger partial charge in [0.15, 0.2) is 0 Å². The minimum absolute atomic E-state index is 0.148. The number of aromatic nitrogens is 1. The molecule has 1 atom stereocenters. The maximum Gasteiger partial charge on any atom is 0.253 e. The topological polar surface area (TPSA) is 36.4 Å². The smallest absolute Gasteiger partial charge is 0.253 e. The van der Waals surface area contributed by atoms with Gasteiger partial charge in [0.2, 0.25) is 0 Å². The van der Waals surface area contributed by atoms with Crippen LogP contribution in [0.3, 0.4) is 0 Å². The fourth-order valence-corrected chi connectivity index (χ4v) is 4.38. The number of rotatable bonds is 7. The zero-order valence-corrected chi connectivity index (χ0v) is 16.7. The van der Waals surface area contributed by atoms with Gasteiger partial charge in [0.25, 0.3) is 5.91 Å². The van der Waals surface area contributed by atoms with Gasteiger partial charge in [0, 0.05) is 54.9 Å². The van der Waals surface area contributed by atoms with E-state index in [-0.39, 0.29) is 5.91 Å². The van der Waals surface area contributed by atoms with Gasteiger partial charge in [-0.15, -0.1) is 11.3 Å².